The molecule has 2 aromatic heterocycles. The van der Waals surface area contributed by atoms with Crippen molar-refractivity contribution < 1.29 is 14.1 Å². The highest BCUT2D eigenvalue weighted by atomic mass is 16.5. The zero-order chi connectivity index (χ0) is 21.6. The van der Waals surface area contributed by atoms with E-state index < -0.39 is 5.54 Å². The second kappa shape index (κ2) is 7.12. The van der Waals surface area contributed by atoms with E-state index in [1.807, 2.05) is 45.0 Å². The minimum atomic E-state index is -0.955. The predicted molar refractivity (Wildman–Crippen MR) is 111 cm³/mol. The number of aromatic nitrogens is 3. The molecule has 1 saturated heterocycles. The second-order valence-corrected chi connectivity index (χ2v) is 8.19. The number of benzene rings is 1. The molecular weight excluding hydrogens is 382 g/mol. The first-order valence-electron chi connectivity index (χ1n) is 9.85. The van der Waals surface area contributed by atoms with Crippen LogP contribution in [-0.2, 0) is 17.9 Å². The van der Waals surface area contributed by atoms with Crippen molar-refractivity contribution in [3.8, 4) is 0 Å². The van der Waals surface area contributed by atoms with Gasteiger partial charge in [0.1, 0.15) is 11.3 Å². The molecular formula is C22H25N5O3. The number of imide groups is 1. The summed E-state index contributed by atoms with van der Waals surface area (Å²) in [6.45, 7) is 10.1. The van der Waals surface area contributed by atoms with Gasteiger partial charge in [-0.15, -0.1) is 0 Å². The van der Waals surface area contributed by atoms with Gasteiger partial charge >= 0.3 is 6.03 Å². The minimum Gasteiger partial charge on any atom is -0.361 e. The van der Waals surface area contributed by atoms with Crippen molar-refractivity contribution in [1.82, 2.24) is 19.8 Å². The second-order valence-electron chi connectivity index (χ2n) is 8.19. The van der Waals surface area contributed by atoms with E-state index in [-0.39, 0.29) is 11.9 Å². The number of hydrogen-bond donors (Lipinski definition) is 0. The standard InChI is InChI=1S/C22H25N5O3/c1-14-8-6-7-9-17(14)11-26-21(29)27(20(28)22(26,4)5)18-10-23-25(12-18)13-19-15(2)24-30-16(19)3/h6-10,12H,11,13H2,1-5H3. The Kier molecular flexibility index (Phi) is 4.72. The Balaban J connectivity index is 1.61. The van der Waals surface area contributed by atoms with Crippen LogP contribution in [0.3, 0.4) is 0 Å². The number of aryl methyl sites for hydroxylation is 3. The summed E-state index contributed by atoms with van der Waals surface area (Å²) in [6, 6.07) is 7.54. The van der Waals surface area contributed by atoms with Crippen molar-refractivity contribution in [2.24, 2.45) is 0 Å². The number of rotatable bonds is 5. The summed E-state index contributed by atoms with van der Waals surface area (Å²) in [4.78, 5) is 29.2. The van der Waals surface area contributed by atoms with Crippen LogP contribution in [0.4, 0.5) is 10.5 Å². The number of urea groups is 1. The number of carbonyl (C=O) groups is 2. The summed E-state index contributed by atoms with van der Waals surface area (Å²) < 4.78 is 6.88. The Morgan fingerprint density at radius 1 is 1.07 bits per heavy atom. The van der Waals surface area contributed by atoms with Gasteiger partial charge in [-0.05, 0) is 45.7 Å². The lowest BCUT2D eigenvalue weighted by molar-refractivity contribution is -0.123. The number of nitrogens with zero attached hydrogens (tertiary/aromatic N) is 5. The highest BCUT2D eigenvalue weighted by molar-refractivity contribution is 6.22. The first kappa shape index (κ1) is 19.9. The molecule has 0 saturated carbocycles. The molecule has 0 radical (unpaired) electrons. The van der Waals surface area contributed by atoms with Crippen LogP contribution in [0.1, 0.15) is 42.0 Å². The topological polar surface area (TPSA) is 84.5 Å². The molecule has 4 rings (SSSR count). The highest BCUT2D eigenvalue weighted by Crippen LogP contribution is 2.33. The average molecular weight is 407 g/mol. The van der Waals surface area contributed by atoms with Gasteiger partial charge in [0.15, 0.2) is 0 Å². The van der Waals surface area contributed by atoms with Crippen molar-refractivity contribution in [3.63, 3.8) is 0 Å². The zero-order valence-corrected chi connectivity index (χ0v) is 17.8. The van der Waals surface area contributed by atoms with Gasteiger partial charge in [0.2, 0.25) is 0 Å². The average Bonchev–Trinajstić information content (AvgIpc) is 3.33. The van der Waals surface area contributed by atoms with E-state index in [0.717, 1.165) is 28.1 Å². The molecule has 0 spiro atoms. The van der Waals surface area contributed by atoms with Crippen LogP contribution in [-0.4, -0.2) is 37.3 Å². The molecule has 8 nitrogen and oxygen atoms in total. The van der Waals surface area contributed by atoms with Crippen LogP contribution in [0, 0.1) is 20.8 Å². The van der Waals surface area contributed by atoms with Crippen LogP contribution < -0.4 is 4.90 Å². The lowest BCUT2D eigenvalue weighted by atomic mass is 10.0. The summed E-state index contributed by atoms with van der Waals surface area (Å²) in [6.07, 6.45) is 3.25. The first-order chi connectivity index (χ1) is 14.2. The maximum Gasteiger partial charge on any atom is 0.332 e. The monoisotopic (exact) mass is 407 g/mol. The summed E-state index contributed by atoms with van der Waals surface area (Å²) in [5.74, 6) is 0.460. The molecule has 3 amide bonds. The van der Waals surface area contributed by atoms with E-state index in [1.54, 1.807) is 35.8 Å². The fourth-order valence-electron chi connectivity index (χ4n) is 3.73. The lowest BCUT2D eigenvalue weighted by Crippen LogP contribution is -2.43. The van der Waals surface area contributed by atoms with Crippen molar-refractivity contribution in [2.45, 2.75) is 53.2 Å². The van der Waals surface area contributed by atoms with Crippen LogP contribution in [0.2, 0.25) is 0 Å². The van der Waals surface area contributed by atoms with Gasteiger partial charge in [-0.25, -0.2) is 9.69 Å². The third kappa shape index (κ3) is 3.18. The molecule has 1 aliphatic heterocycles. The molecule has 0 aliphatic carbocycles. The Morgan fingerprint density at radius 2 is 1.80 bits per heavy atom. The molecule has 3 heterocycles. The number of amides is 3. The van der Waals surface area contributed by atoms with Crippen LogP contribution in [0.25, 0.3) is 0 Å². The van der Waals surface area contributed by atoms with E-state index in [2.05, 4.69) is 10.3 Å². The predicted octanol–water partition coefficient (Wildman–Crippen LogP) is 3.59. The molecule has 0 unspecified atom stereocenters. The van der Waals surface area contributed by atoms with Crippen molar-refractivity contribution in [1.29, 1.82) is 0 Å². The first-order valence-corrected chi connectivity index (χ1v) is 9.85. The van der Waals surface area contributed by atoms with Gasteiger partial charge < -0.3 is 9.42 Å². The van der Waals surface area contributed by atoms with Gasteiger partial charge in [-0.3, -0.25) is 9.48 Å². The van der Waals surface area contributed by atoms with E-state index in [4.69, 9.17) is 4.52 Å². The Labute approximate surface area is 175 Å². The Hall–Kier alpha value is -3.42. The zero-order valence-electron chi connectivity index (χ0n) is 17.8. The van der Waals surface area contributed by atoms with Gasteiger partial charge in [0.05, 0.1) is 24.1 Å². The molecule has 3 aromatic rings. The minimum absolute atomic E-state index is 0.266. The SMILES string of the molecule is Cc1ccccc1CN1C(=O)N(c2cnn(Cc3c(C)noc3C)c2)C(=O)C1(C)C. The van der Waals surface area contributed by atoms with E-state index in [9.17, 15) is 9.59 Å². The smallest absolute Gasteiger partial charge is 0.332 e. The third-order valence-corrected chi connectivity index (χ3v) is 5.79. The molecule has 8 heteroatoms. The quantitative estimate of drug-likeness (QED) is 0.604. The molecule has 30 heavy (non-hydrogen) atoms. The van der Waals surface area contributed by atoms with Gasteiger partial charge in [-0.1, -0.05) is 29.4 Å². The van der Waals surface area contributed by atoms with E-state index >= 15 is 0 Å². The summed E-state index contributed by atoms with van der Waals surface area (Å²) in [7, 11) is 0. The van der Waals surface area contributed by atoms with Crippen LogP contribution in [0.15, 0.2) is 41.2 Å². The van der Waals surface area contributed by atoms with Crippen LogP contribution >= 0.6 is 0 Å². The molecule has 1 aromatic carbocycles. The Bertz CT molecular complexity index is 1110. The van der Waals surface area contributed by atoms with E-state index in [0.29, 0.717) is 18.8 Å². The highest BCUT2D eigenvalue weighted by Gasteiger charge is 2.52. The lowest BCUT2D eigenvalue weighted by Gasteiger charge is -2.28. The third-order valence-electron chi connectivity index (χ3n) is 5.79. The maximum atomic E-state index is 13.3. The van der Waals surface area contributed by atoms with Crippen molar-refractivity contribution in [3.05, 3.63) is 64.8 Å². The summed E-state index contributed by atoms with van der Waals surface area (Å²) in [5.41, 5.74) is 3.33. The molecule has 0 bridgehead atoms. The maximum absolute atomic E-state index is 13.3. The number of carbonyl (C=O) groups excluding carboxylic acids is 2. The number of hydrogen-bond acceptors (Lipinski definition) is 5. The van der Waals surface area contributed by atoms with Crippen molar-refractivity contribution >= 4 is 17.6 Å². The van der Waals surface area contributed by atoms with Gasteiger partial charge in [0, 0.05) is 18.3 Å². The fourth-order valence-corrected chi connectivity index (χ4v) is 3.73. The summed E-state index contributed by atoms with van der Waals surface area (Å²) >= 11 is 0. The molecule has 156 valence electrons. The molecule has 1 fully saturated rings. The molecule has 1 aliphatic rings. The normalized spacial score (nSPS) is 16.0. The largest absolute Gasteiger partial charge is 0.361 e. The van der Waals surface area contributed by atoms with Crippen molar-refractivity contribution in [2.75, 3.05) is 4.90 Å². The molecule has 0 atom stereocenters. The van der Waals surface area contributed by atoms with E-state index in [1.165, 1.54) is 4.90 Å². The number of anilines is 1. The Morgan fingerprint density at radius 3 is 2.47 bits per heavy atom. The summed E-state index contributed by atoms with van der Waals surface area (Å²) in [5, 5.41) is 8.30. The molecule has 0 N–H and O–H groups in total. The fraction of sp³-hybridized carbons (Fsp3) is 0.364. The van der Waals surface area contributed by atoms with Gasteiger partial charge in [-0.2, -0.15) is 5.10 Å². The van der Waals surface area contributed by atoms with Gasteiger partial charge in [0.25, 0.3) is 5.91 Å². The van der Waals surface area contributed by atoms with Crippen LogP contribution in [0.5, 0.6) is 0 Å².